The molecular formula is C29H29F2N5O2. The fraction of sp³-hybridized carbons (Fsp3) is 0.345. The molecule has 7 nitrogen and oxygen atoms in total. The molecule has 0 radical (unpaired) electrons. The topological polar surface area (TPSA) is 82.8 Å². The Morgan fingerprint density at radius 3 is 2.45 bits per heavy atom. The molecule has 0 saturated heterocycles. The molecule has 0 N–H and O–H groups in total. The van der Waals surface area contributed by atoms with Gasteiger partial charge in [0.15, 0.2) is 5.82 Å². The number of hydrogen-bond acceptors (Lipinski definition) is 6. The van der Waals surface area contributed by atoms with Gasteiger partial charge in [0.25, 0.3) is 5.56 Å². The normalized spacial score (nSPS) is 13.3. The second-order valence-corrected chi connectivity index (χ2v) is 10.1. The van der Waals surface area contributed by atoms with Gasteiger partial charge in [0, 0.05) is 41.6 Å². The van der Waals surface area contributed by atoms with Crippen molar-refractivity contribution in [2.75, 3.05) is 0 Å². The van der Waals surface area contributed by atoms with E-state index in [-0.39, 0.29) is 23.8 Å². The third-order valence-electron chi connectivity index (χ3n) is 6.69. The molecule has 9 heteroatoms. The van der Waals surface area contributed by atoms with Crippen molar-refractivity contribution < 1.29 is 13.5 Å². The number of nitrogens with zero attached hydrogens (tertiary/aromatic N) is 5. The Morgan fingerprint density at radius 1 is 1.00 bits per heavy atom. The molecule has 4 aromatic rings. The van der Waals surface area contributed by atoms with E-state index >= 15 is 0 Å². The average Bonchev–Trinajstić information content (AvgIpc) is 3.73. The molecule has 0 spiro atoms. The van der Waals surface area contributed by atoms with Crippen LogP contribution in [0.2, 0.25) is 0 Å². The van der Waals surface area contributed by atoms with Crippen LogP contribution in [0.15, 0.2) is 41.5 Å². The molecule has 38 heavy (non-hydrogen) atoms. The molecule has 0 aliphatic heterocycles. The molecular weight excluding hydrogens is 488 g/mol. The molecule has 0 amide bonds. The van der Waals surface area contributed by atoms with Crippen molar-refractivity contribution in [1.29, 1.82) is 0 Å². The van der Waals surface area contributed by atoms with E-state index in [1.807, 2.05) is 19.1 Å². The minimum Gasteiger partial charge on any atom is -0.487 e. The van der Waals surface area contributed by atoms with E-state index in [2.05, 4.69) is 23.8 Å². The van der Waals surface area contributed by atoms with E-state index in [1.54, 1.807) is 30.7 Å². The van der Waals surface area contributed by atoms with Gasteiger partial charge in [-0.2, -0.15) is 0 Å². The van der Waals surface area contributed by atoms with Gasteiger partial charge in [-0.1, -0.05) is 13.8 Å². The Balaban J connectivity index is 1.52. The summed E-state index contributed by atoms with van der Waals surface area (Å²) < 4.78 is 34.5. The molecule has 0 atom stereocenters. The first-order chi connectivity index (χ1) is 18.1. The first kappa shape index (κ1) is 25.6. The Hall–Kier alpha value is -4.01. The maximum Gasteiger partial charge on any atom is 0.261 e. The van der Waals surface area contributed by atoms with E-state index in [9.17, 15) is 13.6 Å². The number of rotatable bonds is 7. The highest BCUT2D eigenvalue weighted by molar-refractivity contribution is 5.60. The van der Waals surface area contributed by atoms with Crippen LogP contribution >= 0.6 is 0 Å². The van der Waals surface area contributed by atoms with Crippen LogP contribution in [0.4, 0.5) is 8.78 Å². The van der Waals surface area contributed by atoms with Crippen molar-refractivity contribution >= 4 is 0 Å². The molecule has 4 aromatic heterocycles. The van der Waals surface area contributed by atoms with Crippen LogP contribution in [0.25, 0.3) is 17.1 Å². The highest BCUT2D eigenvalue weighted by Gasteiger charge is 2.27. The third kappa shape index (κ3) is 5.05. The Morgan fingerprint density at radius 2 is 1.76 bits per heavy atom. The van der Waals surface area contributed by atoms with Crippen molar-refractivity contribution in [3.63, 3.8) is 0 Å². The van der Waals surface area contributed by atoms with Crippen LogP contribution in [0, 0.1) is 32.4 Å². The van der Waals surface area contributed by atoms with Crippen LogP contribution in [-0.4, -0.2) is 24.5 Å². The van der Waals surface area contributed by atoms with Gasteiger partial charge in [-0.05, 0) is 51.3 Å². The Kier molecular flexibility index (Phi) is 6.77. The number of aryl methyl sites for hydroxylation is 2. The van der Waals surface area contributed by atoms with Gasteiger partial charge in [-0.3, -0.25) is 19.3 Å². The van der Waals surface area contributed by atoms with E-state index < -0.39 is 11.6 Å². The predicted molar refractivity (Wildman–Crippen MR) is 140 cm³/mol. The molecule has 1 aliphatic rings. The molecule has 4 heterocycles. The van der Waals surface area contributed by atoms with Gasteiger partial charge in [0.2, 0.25) is 0 Å². The van der Waals surface area contributed by atoms with Crippen molar-refractivity contribution in [3.05, 3.63) is 92.7 Å². The summed E-state index contributed by atoms with van der Waals surface area (Å²) in [6.07, 6.45) is 4.93. The molecule has 1 fully saturated rings. The molecule has 0 aromatic carbocycles. The highest BCUT2D eigenvalue weighted by atomic mass is 19.1. The van der Waals surface area contributed by atoms with Crippen LogP contribution in [0.1, 0.15) is 72.6 Å². The smallest absolute Gasteiger partial charge is 0.261 e. The first-order valence-corrected chi connectivity index (χ1v) is 12.6. The molecule has 5 rings (SSSR count). The summed E-state index contributed by atoms with van der Waals surface area (Å²) in [7, 11) is 0. The maximum absolute atomic E-state index is 14.0. The van der Waals surface area contributed by atoms with Crippen molar-refractivity contribution in [2.45, 2.75) is 65.9 Å². The zero-order valence-corrected chi connectivity index (χ0v) is 22.0. The molecule has 196 valence electrons. The molecule has 0 unspecified atom stereocenters. The summed E-state index contributed by atoms with van der Waals surface area (Å²) in [6.45, 7) is 9.26. The van der Waals surface area contributed by atoms with Crippen LogP contribution < -0.4 is 10.3 Å². The maximum atomic E-state index is 14.0. The van der Waals surface area contributed by atoms with Crippen LogP contribution in [0.3, 0.4) is 0 Å². The first-order valence-electron chi connectivity index (χ1n) is 12.6. The van der Waals surface area contributed by atoms with Gasteiger partial charge in [-0.15, -0.1) is 0 Å². The summed E-state index contributed by atoms with van der Waals surface area (Å²) in [4.78, 5) is 31.4. The monoisotopic (exact) mass is 517 g/mol. The van der Waals surface area contributed by atoms with E-state index in [0.717, 1.165) is 47.9 Å². The second-order valence-electron chi connectivity index (χ2n) is 10.1. The Bertz CT molecular complexity index is 1570. The minimum absolute atomic E-state index is 0.0431. The molecule has 1 saturated carbocycles. The number of hydrogen-bond donors (Lipinski definition) is 0. The van der Waals surface area contributed by atoms with Gasteiger partial charge in [0.05, 0.1) is 28.8 Å². The van der Waals surface area contributed by atoms with E-state index in [0.29, 0.717) is 34.3 Å². The number of pyridine rings is 3. The quantitative estimate of drug-likeness (QED) is 0.305. The lowest BCUT2D eigenvalue weighted by atomic mass is 10.1. The van der Waals surface area contributed by atoms with Gasteiger partial charge >= 0.3 is 0 Å². The predicted octanol–water partition coefficient (Wildman–Crippen LogP) is 5.87. The standard InChI is InChI=1S/C29H29F2N5O2/c1-15(2)28-34-22(19-6-7-19)10-24(35-28)23-11-26(16(3)12-32-23)36-17(4)8-27(18(5)29(36)37)38-14-25-21(31)9-20(30)13-33-25/h8-13,15,19H,6-7,14H2,1-5H3. The fourth-order valence-electron chi connectivity index (χ4n) is 4.30. The van der Waals surface area contributed by atoms with Crippen molar-refractivity contribution in [3.8, 4) is 22.8 Å². The lowest BCUT2D eigenvalue weighted by Crippen LogP contribution is -2.24. The summed E-state index contributed by atoms with van der Waals surface area (Å²) in [6, 6.07) is 6.36. The van der Waals surface area contributed by atoms with E-state index in [1.165, 1.54) is 0 Å². The van der Waals surface area contributed by atoms with Gasteiger partial charge in [0.1, 0.15) is 29.7 Å². The number of aromatic nitrogens is 5. The third-order valence-corrected chi connectivity index (χ3v) is 6.69. The fourth-order valence-corrected chi connectivity index (χ4v) is 4.30. The van der Waals surface area contributed by atoms with Crippen molar-refractivity contribution in [2.24, 2.45) is 0 Å². The van der Waals surface area contributed by atoms with E-state index in [4.69, 9.17) is 14.7 Å². The SMILES string of the molecule is Cc1cnc(-c2cc(C3CC3)nc(C(C)C)n2)cc1-n1c(C)cc(OCc2ncc(F)cc2F)c(C)c1=O. The van der Waals surface area contributed by atoms with Crippen LogP contribution in [-0.2, 0) is 6.61 Å². The average molecular weight is 518 g/mol. The lowest BCUT2D eigenvalue weighted by molar-refractivity contribution is 0.290. The summed E-state index contributed by atoms with van der Waals surface area (Å²) >= 11 is 0. The highest BCUT2D eigenvalue weighted by Crippen LogP contribution is 2.40. The largest absolute Gasteiger partial charge is 0.487 e. The van der Waals surface area contributed by atoms with Gasteiger partial charge < -0.3 is 4.74 Å². The summed E-state index contributed by atoms with van der Waals surface area (Å²) in [5, 5.41) is 0. The Labute approximate surface area is 219 Å². The minimum atomic E-state index is -0.803. The summed E-state index contributed by atoms with van der Waals surface area (Å²) in [5.74, 6) is 0.176. The van der Waals surface area contributed by atoms with Crippen LogP contribution in [0.5, 0.6) is 5.75 Å². The van der Waals surface area contributed by atoms with Gasteiger partial charge in [-0.25, -0.2) is 18.7 Å². The molecule has 0 bridgehead atoms. The second kappa shape index (κ2) is 10.0. The zero-order valence-electron chi connectivity index (χ0n) is 22.0. The zero-order chi connectivity index (χ0) is 27.1. The van der Waals surface area contributed by atoms with Crippen molar-refractivity contribution in [1.82, 2.24) is 24.5 Å². The summed E-state index contributed by atoms with van der Waals surface area (Å²) in [5.41, 5.74) is 4.64. The number of ether oxygens (including phenoxy) is 1. The molecule has 1 aliphatic carbocycles. The lowest BCUT2D eigenvalue weighted by Gasteiger charge is -2.17. The number of halogens is 2.